The first-order valence-electron chi connectivity index (χ1n) is 10.5. The molecule has 2 aromatic carbocycles. The zero-order valence-electron chi connectivity index (χ0n) is 18.8. The van der Waals surface area contributed by atoms with Crippen LogP contribution in [0.3, 0.4) is 0 Å². The number of nitrogens with zero attached hydrogens (tertiary/aromatic N) is 3. The topological polar surface area (TPSA) is 127 Å². The van der Waals surface area contributed by atoms with Gasteiger partial charge in [-0.2, -0.15) is 4.98 Å². The van der Waals surface area contributed by atoms with Crippen molar-refractivity contribution in [1.29, 1.82) is 0 Å². The van der Waals surface area contributed by atoms with Crippen molar-refractivity contribution in [3.05, 3.63) is 65.1 Å². The summed E-state index contributed by atoms with van der Waals surface area (Å²) in [6.07, 6.45) is 1.51. The van der Waals surface area contributed by atoms with E-state index in [0.717, 1.165) is 0 Å². The highest BCUT2D eigenvalue weighted by atomic mass is 16.7. The number of nitrogens with one attached hydrogen (secondary N) is 1. The molecule has 3 heterocycles. The van der Waals surface area contributed by atoms with Gasteiger partial charge < -0.3 is 33.4 Å². The highest BCUT2D eigenvalue weighted by Gasteiger charge is 2.18. The first-order chi connectivity index (χ1) is 17.1. The lowest BCUT2D eigenvalue weighted by atomic mass is 10.2. The summed E-state index contributed by atoms with van der Waals surface area (Å²) in [5, 5.41) is 6.72. The number of carbonyl (C=O) groups is 1. The molecule has 0 aliphatic carbocycles. The normalized spacial score (nSPS) is 11.8. The van der Waals surface area contributed by atoms with E-state index in [0.29, 0.717) is 34.2 Å². The van der Waals surface area contributed by atoms with Crippen LogP contribution in [0.4, 0.5) is 5.69 Å². The molecule has 0 saturated heterocycles. The summed E-state index contributed by atoms with van der Waals surface area (Å²) in [6, 6.07) is 13.4. The van der Waals surface area contributed by atoms with Gasteiger partial charge in [-0.3, -0.25) is 9.59 Å². The van der Waals surface area contributed by atoms with Gasteiger partial charge in [0, 0.05) is 23.5 Å². The molecule has 5 rings (SSSR count). The molecule has 1 N–H and O–H groups in total. The highest BCUT2D eigenvalue weighted by molar-refractivity contribution is 5.91. The molecule has 0 fully saturated rings. The van der Waals surface area contributed by atoms with E-state index in [2.05, 4.69) is 15.5 Å². The number of anilines is 1. The molecule has 4 aromatic rings. The van der Waals surface area contributed by atoms with Gasteiger partial charge in [0.2, 0.25) is 18.5 Å². The summed E-state index contributed by atoms with van der Waals surface area (Å²) in [5.41, 5.74) is 0.871. The van der Waals surface area contributed by atoms with Gasteiger partial charge in [0.25, 0.3) is 11.4 Å². The molecular formula is C24H20N4O7. The number of benzene rings is 2. The van der Waals surface area contributed by atoms with Crippen LogP contribution in [0.2, 0.25) is 0 Å². The maximum absolute atomic E-state index is 13.0. The maximum Gasteiger partial charge on any atom is 0.263 e. The fourth-order valence-electron chi connectivity index (χ4n) is 3.58. The second kappa shape index (κ2) is 9.21. The minimum atomic E-state index is -0.448. The molecule has 0 saturated carbocycles. The van der Waals surface area contributed by atoms with Crippen molar-refractivity contribution in [2.75, 3.05) is 26.3 Å². The van der Waals surface area contributed by atoms with Gasteiger partial charge in [-0.15, -0.1) is 0 Å². The highest BCUT2D eigenvalue weighted by Crippen LogP contribution is 2.34. The Balaban J connectivity index is 1.35. The average molecular weight is 476 g/mol. The molecule has 0 bridgehead atoms. The lowest BCUT2D eigenvalue weighted by molar-refractivity contribution is -0.116. The van der Waals surface area contributed by atoms with Gasteiger partial charge in [-0.1, -0.05) is 5.16 Å². The van der Waals surface area contributed by atoms with Crippen molar-refractivity contribution in [2.24, 2.45) is 0 Å². The van der Waals surface area contributed by atoms with E-state index in [1.807, 2.05) is 0 Å². The van der Waals surface area contributed by atoms with Crippen molar-refractivity contribution in [1.82, 2.24) is 14.7 Å². The Morgan fingerprint density at radius 2 is 1.89 bits per heavy atom. The Kier molecular flexibility index (Phi) is 5.80. The molecular weight excluding hydrogens is 456 g/mol. The number of fused-ring (bicyclic) bond motifs is 1. The second-order valence-corrected chi connectivity index (χ2v) is 7.46. The van der Waals surface area contributed by atoms with Gasteiger partial charge >= 0.3 is 0 Å². The number of amides is 1. The molecule has 2 aromatic heterocycles. The van der Waals surface area contributed by atoms with Crippen molar-refractivity contribution >= 4 is 11.6 Å². The molecule has 1 aliphatic heterocycles. The second-order valence-electron chi connectivity index (χ2n) is 7.46. The van der Waals surface area contributed by atoms with Gasteiger partial charge in [0.1, 0.15) is 12.1 Å². The predicted molar refractivity (Wildman–Crippen MR) is 124 cm³/mol. The molecule has 35 heavy (non-hydrogen) atoms. The van der Waals surface area contributed by atoms with E-state index in [1.165, 1.54) is 17.9 Å². The molecule has 0 radical (unpaired) electrons. The molecule has 178 valence electrons. The van der Waals surface area contributed by atoms with E-state index in [1.54, 1.807) is 55.6 Å². The molecule has 0 atom stereocenters. The number of rotatable bonds is 7. The number of hydrogen-bond donors (Lipinski definition) is 1. The zero-order chi connectivity index (χ0) is 24.4. The smallest absolute Gasteiger partial charge is 0.263 e. The summed E-state index contributed by atoms with van der Waals surface area (Å²) < 4.78 is 27.7. The number of hydrogen-bond acceptors (Lipinski definition) is 9. The third kappa shape index (κ3) is 4.38. The standard InChI is InChI=1S/C24H20N4O7/c1-31-17-7-5-14(10-19(17)32-2)22-26-23(35-27-22)16-4-3-9-28(24(16)30)12-21(29)25-15-6-8-18-20(11-15)34-13-33-18/h3-11H,12-13H2,1-2H3,(H,25,29). The molecule has 11 heteroatoms. The van der Waals surface area contributed by atoms with Crippen LogP contribution < -0.4 is 29.8 Å². The van der Waals surface area contributed by atoms with E-state index < -0.39 is 5.56 Å². The quantitative estimate of drug-likeness (QED) is 0.428. The average Bonchev–Trinajstić information content (AvgIpc) is 3.54. The van der Waals surface area contributed by atoms with Crippen LogP contribution in [0.1, 0.15) is 0 Å². The lowest BCUT2D eigenvalue weighted by Crippen LogP contribution is -2.28. The maximum atomic E-state index is 13.0. The van der Waals surface area contributed by atoms with Gasteiger partial charge in [0.05, 0.1) is 14.2 Å². The minimum absolute atomic E-state index is 0.0327. The van der Waals surface area contributed by atoms with E-state index in [4.69, 9.17) is 23.5 Å². The van der Waals surface area contributed by atoms with Crippen LogP contribution in [-0.4, -0.2) is 41.6 Å². The fraction of sp³-hybridized carbons (Fsp3) is 0.167. The van der Waals surface area contributed by atoms with Crippen molar-refractivity contribution < 1.29 is 28.3 Å². The van der Waals surface area contributed by atoms with E-state index in [-0.39, 0.29) is 36.5 Å². The lowest BCUT2D eigenvalue weighted by Gasteiger charge is -2.08. The van der Waals surface area contributed by atoms with Crippen LogP contribution in [0.15, 0.2) is 64.0 Å². The van der Waals surface area contributed by atoms with Crippen molar-refractivity contribution in [3.8, 4) is 45.8 Å². The van der Waals surface area contributed by atoms with Crippen molar-refractivity contribution in [2.45, 2.75) is 6.54 Å². The Labute approximate surface area is 198 Å². The van der Waals surface area contributed by atoms with Gasteiger partial charge in [-0.05, 0) is 42.5 Å². The molecule has 0 unspecified atom stereocenters. The number of aromatic nitrogens is 3. The Hall–Kier alpha value is -4.80. The largest absolute Gasteiger partial charge is 0.493 e. The summed E-state index contributed by atoms with van der Waals surface area (Å²) in [7, 11) is 3.07. The van der Waals surface area contributed by atoms with Crippen LogP contribution in [0, 0.1) is 0 Å². The number of ether oxygens (including phenoxy) is 4. The van der Waals surface area contributed by atoms with Crippen LogP contribution in [0.25, 0.3) is 22.8 Å². The molecule has 1 aliphatic rings. The third-order valence-corrected chi connectivity index (χ3v) is 5.29. The van der Waals surface area contributed by atoms with E-state index >= 15 is 0 Å². The number of pyridine rings is 1. The molecule has 11 nitrogen and oxygen atoms in total. The van der Waals surface area contributed by atoms with Crippen molar-refractivity contribution in [3.63, 3.8) is 0 Å². The monoisotopic (exact) mass is 476 g/mol. The number of methoxy groups -OCH3 is 2. The fourth-order valence-corrected chi connectivity index (χ4v) is 3.58. The first-order valence-corrected chi connectivity index (χ1v) is 10.5. The van der Waals surface area contributed by atoms with Gasteiger partial charge in [0.15, 0.2) is 23.0 Å². The molecule has 1 amide bonds. The summed E-state index contributed by atoms with van der Waals surface area (Å²) in [6.45, 7) is -0.0733. The SMILES string of the molecule is COc1ccc(-c2noc(-c3cccn(CC(=O)Nc4ccc5c(c4)OCO5)c3=O)n2)cc1OC. The van der Waals surface area contributed by atoms with Crippen LogP contribution >= 0.6 is 0 Å². The summed E-state index contributed by atoms with van der Waals surface area (Å²) in [5.74, 6) is 2.14. The first kappa shape index (κ1) is 22.0. The summed E-state index contributed by atoms with van der Waals surface area (Å²) >= 11 is 0. The Morgan fingerprint density at radius 1 is 1.06 bits per heavy atom. The predicted octanol–water partition coefficient (Wildman–Crippen LogP) is 2.95. The van der Waals surface area contributed by atoms with Crippen LogP contribution in [-0.2, 0) is 11.3 Å². The Bertz CT molecular complexity index is 1460. The zero-order valence-corrected chi connectivity index (χ0v) is 18.8. The molecule has 0 spiro atoms. The van der Waals surface area contributed by atoms with E-state index in [9.17, 15) is 9.59 Å². The number of carbonyl (C=O) groups excluding carboxylic acids is 1. The van der Waals surface area contributed by atoms with Gasteiger partial charge in [-0.25, -0.2) is 0 Å². The minimum Gasteiger partial charge on any atom is -0.493 e. The summed E-state index contributed by atoms with van der Waals surface area (Å²) in [4.78, 5) is 29.9. The van der Waals surface area contributed by atoms with Crippen LogP contribution in [0.5, 0.6) is 23.0 Å². The third-order valence-electron chi connectivity index (χ3n) is 5.29. The Morgan fingerprint density at radius 3 is 2.71 bits per heavy atom.